The number of benzene rings is 15. The van der Waals surface area contributed by atoms with Crippen molar-refractivity contribution in [3.05, 3.63) is 446 Å². The van der Waals surface area contributed by atoms with E-state index < -0.39 is 59.8 Å². The van der Waals surface area contributed by atoms with Crippen molar-refractivity contribution in [3.8, 4) is 11.1 Å². The third-order valence-electron chi connectivity index (χ3n) is 21.1. The number of fused-ring (bicyclic) bond motifs is 1. The molecule has 15 aromatic carbocycles. The molecule has 0 unspecified atom stereocenters. The molecule has 0 radical (unpaired) electrons. The van der Waals surface area contributed by atoms with Crippen LogP contribution < -0.4 is 85.2 Å². The summed E-state index contributed by atoms with van der Waals surface area (Å²) >= 11 is 0. The fourth-order valence-electron chi connectivity index (χ4n) is 14.8. The second-order valence-corrected chi connectivity index (χ2v) is 40.9. The van der Waals surface area contributed by atoms with Gasteiger partial charge in [-0.1, -0.05) is 394 Å². The van der Waals surface area contributed by atoms with E-state index in [2.05, 4.69) is 390 Å². The van der Waals surface area contributed by atoms with Gasteiger partial charge >= 0.3 is 6.09 Å². The van der Waals surface area contributed by atoms with E-state index in [0.29, 0.717) is 48.8 Å². The number of nitrogens with zero attached hydrogens (tertiary/aromatic N) is 1. The number of hydrogen-bond acceptors (Lipinski definition) is 6. The molecule has 0 bridgehead atoms. The molecule has 1 atom stereocenters. The smallest absolute Gasteiger partial charge is 0.404 e. The molecular weight excluding hydrogens is 1730 g/mol. The normalized spacial score (nSPS) is 13.0. The number of rotatable bonds is 23. The minimum absolute atomic E-state index is 0. The van der Waals surface area contributed by atoms with E-state index in [1.807, 2.05) is 31.2 Å². The van der Waals surface area contributed by atoms with Crippen LogP contribution in [0.1, 0.15) is 36.8 Å². The summed E-state index contributed by atoms with van der Waals surface area (Å²) in [4.78, 5) is 50.1. The summed E-state index contributed by atoms with van der Waals surface area (Å²) in [5.74, 6) is -0.818. The van der Waals surface area contributed by atoms with Crippen LogP contribution in [0.3, 0.4) is 0 Å². The van der Waals surface area contributed by atoms with Crippen molar-refractivity contribution in [2.24, 2.45) is 11.8 Å². The number of hydrogen-bond donors (Lipinski definition) is 6. The maximum absolute atomic E-state index is 13.7. The van der Waals surface area contributed by atoms with Crippen LogP contribution in [-0.2, 0) is 46.5 Å². The van der Waals surface area contributed by atoms with Gasteiger partial charge < -0.3 is 21.1 Å². The van der Waals surface area contributed by atoms with Crippen LogP contribution in [0.5, 0.6) is 0 Å². The molecule has 1 aliphatic rings. The Kier molecular flexibility index (Phi) is 34.9. The third kappa shape index (κ3) is 26.1. The summed E-state index contributed by atoms with van der Waals surface area (Å²) < 4.78 is 26.7. The maximum atomic E-state index is 13.7. The number of carbonyl (C=O) groups is 3. The van der Waals surface area contributed by atoms with Gasteiger partial charge in [-0.25, -0.2) is 17.5 Å². The van der Waals surface area contributed by atoms with Gasteiger partial charge in [0.1, 0.15) is 6.04 Å². The molecule has 1 aromatic heterocycles. The van der Waals surface area contributed by atoms with E-state index in [1.54, 1.807) is 36.4 Å². The van der Waals surface area contributed by atoms with Crippen LogP contribution >= 0.6 is 31.7 Å². The second kappa shape index (κ2) is 47.2. The van der Waals surface area contributed by atoms with Crippen LogP contribution in [0, 0.1) is 18.8 Å². The van der Waals surface area contributed by atoms with Gasteiger partial charge in [0.2, 0.25) is 21.8 Å². The Balaban J connectivity index is 0.000000154. The average molecular weight is 1830 g/mol. The first-order valence-corrected chi connectivity index (χ1v) is 48.1. The predicted octanol–water partition coefficient (Wildman–Crippen LogP) is 17.6. The quantitative estimate of drug-likeness (QED) is 0.0271. The number of nitrogens with one attached hydrogen (secondary N) is 5. The Morgan fingerprint density at radius 1 is 0.408 bits per heavy atom. The molecule has 0 aliphatic heterocycles. The van der Waals surface area contributed by atoms with E-state index in [-0.39, 0.29) is 55.0 Å². The Labute approximate surface area is 752 Å². The summed E-state index contributed by atoms with van der Waals surface area (Å²) in [6.45, 7) is 2.25. The standard InChI is InChI=1S/C34H40N6O7S.4C18H15P.Pd/c1-20-4-14-26(48(46,47)40(2)3)18-28(20)23-9-5-21(6-10-23)16-30(33(43)36-25-13-15-27-29(17-25)38-39-32(27)42)37-31(41)24-11-7-22(8-12-24)19-35-34(44)45;4*1-4-10-16(11-5-1)19(17-12-6-2-7-13-17)18-14-8-3-9-15-18;/h4-6,9-10,13-15,17-18,22,24,30,35H,7-8,11-12,16,19H2,1-3H3,(H,36,43)(H,37,41)(H,44,45)(H2,38,39,42);4*1-15H;/t22-,24-,30-;;;;;/m0...../s1. The number of carbonyl (C=O) groups excluding carboxylic acids is 2. The molecule has 16 aromatic rings. The number of aryl methyl sites for hydroxylation is 1. The first-order valence-electron chi connectivity index (χ1n) is 41.3. The molecule has 0 saturated heterocycles. The molecule has 6 N–H and O–H groups in total. The van der Waals surface area contributed by atoms with Crippen molar-refractivity contribution in [1.29, 1.82) is 0 Å². The number of carboxylic acid groups (broad SMARTS) is 1. The van der Waals surface area contributed by atoms with Gasteiger partial charge in [0.05, 0.1) is 15.8 Å². The Morgan fingerprint density at radius 2 is 0.720 bits per heavy atom. The first kappa shape index (κ1) is 92.3. The zero-order valence-corrected chi connectivity index (χ0v) is 75.7. The molecule has 19 heteroatoms. The SMILES string of the molecule is Cc1ccc(S(=O)(=O)N(C)C)cc1-c1ccc(C[C@H](NC(=O)[C@H]2CC[C@H](CNC(=O)O)CC2)C(=O)Nc2ccc3c(=O)[nH][nH]c3c2)cc1.[Pd].c1ccc(P(c2ccccc2)c2ccccc2)cc1.c1ccc(P(c2ccccc2)c2ccccc2)cc1.c1ccc(P(c2ccccc2)c2ccccc2)cc1.c1ccc(P(c2ccccc2)c2ccccc2)cc1. The van der Waals surface area contributed by atoms with Gasteiger partial charge in [-0.3, -0.25) is 24.6 Å². The fraction of sp³-hybridized carbons (Fsp3) is 0.113. The molecule has 1 fully saturated rings. The minimum Gasteiger partial charge on any atom is -0.465 e. The number of aromatic amines is 2. The molecule has 0 spiro atoms. The number of anilines is 1. The van der Waals surface area contributed by atoms with Gasteiger partial charge in [-0.05, 0) is 186 Å². The molecule has 1 saturated carbocycles. The first-order chi connectivity index (χ1) is 60.6. The zero-order chi connectivity index (χ0) is 86.3. The van der Waals surface area contributed by atoms with Crippen LogP contribution in [0.4, 0.5) is 10.5 Å². The summed E-state index contributed by atoms with van der Waals surface area (Å²) in [6, 6.07) is 146. The van der Waals surface area contributed by atoms with Crippen molar-refractivity contribution in [2.75, 3.05) is 26.0 Å². The van der Waals surface area contributed by atoms with Crippen LogP contribution in [-0.4, -0.2) is 72.6 Å². The summed E-state index contributed by atoms with van der Waals surface area (Å²) in [5, 5.41) is 39.7. The monoisotopic (exact) mass is 1830 g/mol. The molecule has 3 amide bonds. The molecule has 13 nitrogen and oxygen atoms in total. The summed E-state index contributed by atoms with van der Waals surface area (Å²) in [7, 11) is -2.44. The average Bonchev–Trinajstić information content (AvgIpc) is 1.79. The summed E-state index contributed by atoms with van der Waals surface area (Å²) in [6.07, 6.45) is 1.68. The fourth-order valence-corrected chi connectivity index (χ4v) is 24.9. The van der Waals surface area contributed by atoms with Crippen molar-refractivity contribution in [2.45, 2.75) is 50.0 Å². The van der Waals surface area contributed by atoms with Crippen LogP contribution in [0.25, 0.3) is 22.0 Å². The molecule has 17 rings (SSSR count). The molecular formula is C106H100N6O7P4PdS. The maximum Gasteiger partial charge on any atom is 0.404 e. The van der Waals surface area contributed by atoms with E-state index in [4.69, 9.17) is 5.11 Å². The van der Waals surface area contributed by atoms with E-state index in [9.17, 15) is 27.6 Å². The Hall–Kier alpha value is -11.9. The second-order valence-electron chi connectivity index (χ2n) is 29.8. The predicted molar refractivity (Wildman–Crippen MR) is 523 cm³/mol. The van der Waals surface area contributed by atoms with Crippen molar-refractivity contribution < 1.29 is 48.3 Å². The third-order valence-corrected chi connectivity index (χ3v) is 32.7. The van der Waals surface area contributed by atoms with Crippen molar-refractivity contribution in [3.63, 3.8) is 0 Å². The van der Waals surface area contributed by atoms with E-state index in [0.717, 1.165) is 22.3 Å². The Morgan fingerprint density at radius 3 is 1.02 bits per heavy atom. The number of aromatic nitrogens is 2. The van der Waals surface area contributed by atoms with Crippen molar-refractivity contribution >= 4 is 140 Å². The molecule has 1 aliphatic carbocycles. The van der Waals surface area contributed by atoms with Crippen molar-refractivity contribution in [1.82, 2.24) is 25.1 Å². The molecule has 632 valence electrons. The van der Waals surface area contributed by atoms with E-state index in [1.165, 1.54) is 82.1 Å². The van der Waals surface area contributed by atoms with Crippen LogP contribution in [0.15, 0.2) is 434 Å². The van der Waals surface area contributed by atoms with Gasteiger partial charge in [0.15, 0.2) is 0 Å². The van der Waals surface area contributed by atoms with Gasteiger partial charge in [-0.2, -0.15) is 0 Å². The Bertz CT molecular complexity index is 5310. The zero-order valence-electron chi connectivity index (χ0n) is 69.7. The van der Waals surface area contributed by atoms with Gasteiger partial charge in [0.25, 0.3) is 5.56 Å². The number of H-pyrrole nitrogens is 2. The van der Waals surface area contributed by atoms with Gasteiger partial charge in [0, 0.05) is 59.1 Å². The topological polar surface area (TPSA) is 194 Å². The van der Waals surface area contributed by atoms with E-state index >= 15 is 0 Å². The largest absolute Gasteiger partial charge is 0.465 e. The molecule has 1 heterocycles. The van der Waals surface area contributed by atoms with Crippen LogP contribution in [0.2, 0.25) is 0 Å². The molecule has 125 heavy (non-hydrogen) atoms. The number of amides is 3. The van der Waals surface area contributed by atoms with Gasteiger partial charge in [-0.15, -0.1) is 0 Å². The summed E-state index contributed by atoms with van der Waals surface area (Å²) in [5.41, 5.74) is 3.96. The minimum atomic E-state index is -3.62. The number of sulfonamides is 1.